The van der Waals surface area contributed by atoms with Gasteiger partial charge in [-0.25, -0.2) is 0 Å². The third kappa shape index (κ3) is 5.70. The van der Waals surface area contributed by atoms with Crippen LogP contribution in [0.5, 0.6) is 0 Å². The van der Waals surface area contributed by atoms with Crippen LogP contribution in [-0.4, -0.2) is 78.5 Å². The number of unbranched alkanes of at least 4 members (excludes halogenated alkanes) is 1. The van der Waals surface area contributed by atoms with Gasteiger partial charge in [0.05, 0.1) is 6.61 Å². The van der Waals surface area contributed by atoms with Crippen LogP contribution < -0.4 is 0 Å². The summed E-state index contributed by atoms with van der Waals surface area (Å²) in [6.07, 6.45) is 3.40. The molecule has 0 saturated carbocycles. The first-order chi connectivity index (χ1) is 13.7. The fourth-order valence-electron chi connectivity index (χ4n) is 4.78. The second-order valence-corrected chi connectivity index (χ2v) is 9.61. The van der Waals surface area contributed by atoms with Crippen molar-refractivity contribution in [2.24, 2.45) is 5.92 Å². The van der Waals surface area contributed by atoms with Gasteiger partial charge in [-0.3, -0.25) is 4.90 Å². The Morgan fingerprint density at radius 1 is 0.931 bits per heavy atom. The molecule has 0 spiro atoms. The van der Waals surface area contributed by atoms with E-state index in [2.05, 4.69) is 18.7 Å². The van der Waals surface area contributed by atoms with Gasteiger partial charge in [0.15, 0.2) is 17.9 Å². The van der Waals surface area contributed by atoms with Crippen molar-refractivity contribution in [2.75, 3.05) is 26.2 Å². The summed E-state index contributed by atoms with van der Waals surface area (Å²) in [6, 6.07) is 0. The number of hydrogen-bond donors (Lipinski definition) is 1. The topological polar surface area (TPSA) is 69.6 Å². The normalized spacial score (nSPS) is 36.2. The van der Waals surface area contributed by atoms with E-state index in [1.165, 1.54) is 19.3 Å². The SMILES string of the molecule is CCCCC(CC)CN(CCO)C[C@H]1O[C@@H]2OC(C)(C)O[C@@H]2[C@H]2OC(C)(C)O[C@H]21. The minimum atomic E-state index is -0.705. The Morgan fingerprint density at radius 3 is 2.24 bits per heavy atom. The molecule has 1 N–H and O–H groups in total. The van der Waals surface area contributed by atoms with E-state index in [0.717, 1.165) is 13.0 Å². The summed E-state index contributed by atoms with van der Waals surface area (Å²) in [4.78, 5) is 2.31. The van der Waals surface area contributed by atoms with Crippen LogP contribution in [0.2, 0.25) is 0 Å². The summed E-state index contributed by atoms with van der Waals surface area (Å²) in [5.74, 6) is -0.768. The minimum absolute atomic E-state index is 0.132. The van der Waals surface area contributed by atoms with Gasteiger partial charge in [0.2, 0.25) is 0 Å². The lowest BCUT2D eigenvalue weighted by Crippen LogP contribution is -2.58. The quantitative estimate of drug-likeness (QED) is 0.588. The van der Waals surface area contributed by atoms with Gasteiger partial charge in [-0.2, -0.15) is 0 Å². The van der Waals surface area contributed by atoms with Gasteiger partial charge in [0.25, 0.3) is 0 Å². The average molecular weight is 416 g/mol. The highest BCUT2D eigenvalue weighted by Crippen LogP contribution is 2.44. The van der Waals surface area contributed by atoms with Crippen molar-refractivity contribution in [3.63, 3.8) is 0 Å². The van der Waals surface area contributed by atoms with Crippen LogP contribution in [0, 0.1) is 5.92 Å². The first-order valence-corrected chi connectivity index (χ1v) is 11.4. The lowest BCUT2D eigenvalue weighted by Gasteiger charge is -2.40. The predicted octanol–water partition coefficient (Wildman–Crippen LogP) is 2.89. The van der Waals surface area contributed by atoms with E-state index >= 15 is 0 Å². The number of rotatable bonds is 10. The Labute approximate surface area is 176 Å². The van der Waals surface area contributed by atoms with E-state index in [1.807, 2.05) is 27.7 Å². The zero-order valence-corrected chi connectivity index (χ0v) is 19.1. The van der Waals surface area contributed by atoms with Gasteiger partial charge >= 0.3 is 0 Å². The summed E-state index contributed by atoms with van der Waals surface area (Å²) >= 11 is 0. The van der Waals surface area contributed by atoms with E-state index < -0.39 is 17.9 Å². The van der Waals surface area contributed by atoms with Crippen LogP contribution in [-0.2, 0) is 23.7 Å². The molecule has 0 aromatic heterocycles. The van der Waals surface area contributed by atoms with Crippen LogP contribution in [0.3, 0.4) is 0 Å². The Hall–Kier alpha value is -0.280. The zero-order chi connectivity index (χ0) is 21.2. The number of hydrogen-bond acceptors (Lipinski definition) is 7. The maximum atomic E-state index is 9.63. The summed E-state index contributed by atoms with van der Waals surface area (Å²) < 4.78 is 30.9. The van der Waals surface area contributed by atoms with Crippen molar-refractivity contribution >= 4 is 0 Å². The highest BCUT2D eigenvalue weighted by atomic mass is 16.9. The maximum absolute atomic E-state index is 9.63. The minimum Gasteiger partial charge on any atom is -0.395 e. The Kier molecular flexibility index (Phi) is 7.63. The van der Waals surface area contributed by atoms with Gasteiger partial charge < -0.3 is 28.8 Å². The molecule has 0 bridgehead atoms. The molecule has 3 heterocycles. The van der Waals surface area contributed by atoms with Crippen LogP contribution in [0.25, 0.3) is 0 Å². The van der Waals surface area contributed by atoms with Crippen LogP contribution in [0.4, 0.5) is 0 Å². The molecule has 7 nitrogen and oxygen atoms in total. The standard InChI is InChI=1S/C22H41NO6/c1-7-9-10-15(8-2)13-23(11-12-24)14-16-17-18(27-21(3,4)26-17)19-20(25-16)29-22(5,6)28-19/h15-20,24H,7-14H2,1-6H3/t15?,16-,17+,18+,19-,20-/m1/s1. The second-order valence-electron chi connectivity index (χ2n) is 9.61. The molecule has 3 aliphatic rings. The van der Waals surface area contributed by atoms with Crippen molar-refractivity contribution < 1.29 is 28.8 Å². The van der Waals surface area contributed by atoms with Crippen molar-refractivity contribution in [1.82, 2.24) is 4.90 Å². The van der Waals surface area contributed by atoms with Crippen molar-refractivity contribution in [3.05, 3.63) is 0 Å². The smallest absolute Gasteiger partial charge is 0.190 e. The molecule has 0 radical (unpaired) electrons. The van der Waals surface area contributed by atoms with E-state index in [9.17, 15) is 5.11 Å². The lowest BCUT2D eigenvalue weighted by atomic mass is 9.96. The third-order valence-electron chi connectivity index (χ3n) is 6.16. The Bertz CT molecular complexity index is 527. The summed E-state index contributed by atoms with van der Waals surface area (Å²) in [5.41, 5.74) is 0. The Morgan fingerprint density at radius 2 is 1.59 bits per heavy atom. The molecule has 3 aliphatic heterocycles. The highest BCUT2D eigenvalue weighted by Gasteiger charge is 2.60. The molecule has 3 rings (SSSR count). The van der Waals surface area contributed by atoms with Crippen molar-refractivity contribution in [3.8, 4) is 0 Å². The number of aliphatic hydroxyl groups is 1. The van der Waals surface area contributed by atoms with E-state index in [0.29, 0.717) is 19.0 Å². The number of fused-ring (bicyclic) bond motifs is 3. The summed E-state index contributed by atoms with van der Waals surface area (Å²) in [6.45, 7) is 14.5. The van der Waals surface area contributed by atoms with Gasteiger partial charge in [-0.1, -0.05) is 33.1 Å². The molecule has 170 valence electrons. The van der Waals surface area contributed by atoms with E-state index in [-0.39, 0.29) is 31.0 Å². The van der Waals surface area contributed by atoms with Crippen molar-refractivity contribution in [2.45, 2.75) is 110 Å². The predicted molar refractivity (Wildman–Crippen MR) is 109 cm³/mol. The van der Waals surface area contributed by atoms with Crippen LogP contribution in [0.1, 0.15) is 67.2 Å². The second kappa shape index (κ2) is 9.47. The number of aliphatic hydroxyl groups excluding tert-OH is 1. The molecule has 0 aromatic rings. The van der Waals surface area contributed by atoms with E-state index in [1.54, 1.807) is 0 Å². The molecule has 6 atom stereocenters. The van der Waals surface area contributed by atoms with Crippen LogP contribution in [0.15, 0.2) is 0 Å². The van der Waals surface area contributed by atoms with Gasteiger partial charge in [0, 0.05) is 19.6 Å². The molecular weight excluding hydrogens is 374 g/mol. The first kappa shape index (κ1) is 23.4. The molecule has 0 aliphatic carbocycles. The highest BCUT2D eigenvalue weighted by molar-refractivity contribution is 5.00. The molecule has 3 fully saturated rings. The molecule has 29 heavy (non-hydrogen) atoms. The van der Waals surface area contributed by atoms with Crippen LogP contribution >= 0.6 is 0 Å². The van der Waals surface area contributed by atoms with Gasteiger partial charge in [-0.15, -0.1) is 0 Å². The maximum Gasteiger partial charge on any atom is 0.190 e. The lowest BCUT2D eigenvalue weighted by molar-refractivity contribution is -0.237. The molecule has 3 saturated heterocycles. The monoisotopic (exact) mass is 415 g/mol. The molecule has 0 aromatic carbocycles. The average Bonchev–Trinajstić information content (AvgIpc) is 3.13. The van der Waals surface area contributed by atoms with Gasteiger partial charge in [-0.05, 0) is 40.0 Å². The first-order valence-electron chi connectivity index (χ1n) is 11.4. The number of ether oxygens (including phenoxy) is 5. The zero-order valence-electron chi connectivity index (χ0n) is 19.1. The van der Waals surface area contributed by atoms with Crippen molar-refractivity contribution in [1.29, 1.82) is 0 Å². The Balaban J connectivity index is 1.71. The summed E-state index contributed by atoms with van der Waals surface area (Å²) in [5, 5.41) is 9.63. The number of nitrogens with zero attached hydrogens (tertiary/aromatic N) is 1. The molecular formula is C22H41NO6. The third-order valence-corrected chi connectivity index (χ3v) is 6.16. The molecule has 7 heteroatoms. The molecule has 0 amide bonds. The fourth-order valence-corrected chi connectivity index (χ4v) is 4.78. The van der Waals surface area contributed by atoms with E-state index in [4.69, 9.17) is 23.7 Å². The summed E-state index contributed by atoms with van der Waals surface area (Å²) in [7, 11) is 0. The molecule has 1 unspecified atom stereocenters. The largest absolute Gasteiger partial charge is 0.395 e. The van der Waals surface area contributed by atoms with Gasteiger partial charge in [0.1, 0.15) is 24.4 Å². The fraction of sp³-hybridized carbons (Fsp3) is 1.00.